The predicted molar refractivity (Wildman–Crippen MR) is 322 cm³/mol. The molecule has 0 atom stereocenters. The molecule has 3 aromatic heterocycles. The van der Waals surface area contributed by atoms with Gasteiger partial charge >= 0.3 is 0 Å². The number of benzene rings is 10. The summed E-state index contributed by atoms with van der Waals surface area (Å²) in [6.45, 7) is 0. The molecule has 3 heterocycles. The molecule has 4 saturated carbocycles. The monoisotopic (exact) mass is 1030 g/mol. The first kappa shape index (κ1) is 45.0. The highest BCUT2D eigenvalue weighted by molar-refractivity contribution is 7.25. The number of fused-ring (bicyclic) bond motifs is 8. The minimum atomic E-state index is 0.00863. The van der Waals surface area contributed by atoms with E-state index in [-0.39, 0.29) is 5.41 Å². The summed E-state index contributed by atoms with van der Waals surface area (Å²) in [5.74, 6) is 6.57. The predicted octanol–water partition coefficient (Wildman–Crippen LogP) is 18.1. The van der Waals surface area contributed by atoms with E-state index in [1.165, 1.54) is 69.0 Å². The first-order valence-electron chi connectivity index (χ1n) is 27.9. The van der Waals surface area contributed by atoms with Gasteiger partial charge in [-0.1, -0.05) is 164 Å². The zero-order chi connectivity index (χ0) is 51.8. The molecule has 1 spiro atoms. The minimum absolute atomic E-state index is 0.00863. The lowest BCUT2D eigenvalue weighted by atomic mass is 9.43. The fourth-order valence-corrected chi connectivity index (χ4v) is 16.2. The van der Waals surface area contributed by atoms with Crippen LogP contribution in [0.4, 0.5) is 0 Å². The van der Waals surface area contributed by atoms with Crippen molar-refractivity contribution in [2.24, 2.45) is 23.7 Å². The molecule has 6 nitrogen and oxygen atoms in total. The van der Waals surface area contributed by atoms with Gasteiger partial charge < -0.3 is 0 Å². The summed E-state index contributed by atoms with van der Waals surface area (Å²) in [6, 6.07) is 78.8. The molecule has 0 radical (unpaired) electrons. The molecular formula is C72H50N6S. The van der Waals surface area contributed by atoms with Crippen molar-refractivity contribution >= 4 is 53.1 Å². The van der Waals surface area contributed by atoms with E-state index in [9.17, 15) is 0 Å². The van der Waals surface area contributed by atoms with Crippen LogP contribution in [0.3, 0.4) is 0 Å². The van der Waals surface area contributed by atoms with Crippen molar-refractivity contribution in [2.75, 3.05) is 0 Å². The van der Waals surface area contributed by atoms with Crippen LogP contribution in [0.5, 0.6) is 0 Å². The van der Waals surface area contributed by atoms with Crippen LogP contribution in [0, 0.1) is 23.7 Å². The maximum absolute atomic E-state index is 5.50. The maximum Gasteiger partial charge on any atom is 0.164 e. The van der Waals surface area contributed by atoms with Crippen molar-refractivity contribution in [1.82, 2.24) is 29.9 Å². The van der Waals surface area contributed by atoms with Gasteiger partial charge in [0.25, 0.3) is 0 Å². The maximum atomic E-state index is 5.50. The van der Waals surface area contributed by atoms with E-state index in [4.69, 9.17) is 29.9 Å². The lowest BCUT2D eigenvalue weighted by molar-refractivity contribution is -0.0399. The number of nitrogens with zero attached hydrogens (tertiary/aromatic N) is 6. The smallest absolute Gasteiger partial charge is 0.164 e. The van der Waals surface area contributed by atoms with E-state index in [2.05, 4.69) is 200 Å². The highest BCUT2D eigenvalue weighted by Gasteiger charge is 2.61. The van der Waals surface area contributed by atoms with Gasteiger partial charge in [-0.25, -0.2) is 29.9 Å². The minimum Gasteiger partial charge on any atom is -0.208 e. The topological polar surface area (TPSA) is 77.3 Å². The van der Waals surface area contributed by atoms with Gasteiger partial charge in [0.05, 0.1) is 0 Å². The Labute approximate surface area is 461 Å². The molecule has 79 heavy (non-hydrogen) atoms. The summed E-state index contributed by atoms with van der Waals surface area (Å²) in [4.78, 5) is 32.4. The summed E-state index contributed by atoms with van der Waals surface area (Å²) < 4.78 is 2.49. The standard InChI is InChI=1S/C72H50N6S/c1-2-15-46(16-3-1)66-73-70(78-71(77-66)60-22-12-18-45-14-6-7-19-56(45)60)53-38-51(48-27-29-58-57-20-8-10-23-62(57)72(63(58)41-48)54-32-42-31-43(34-54)35-55(72)33-42)37-52(39-53)69-75-67(49-26-25-44-13-4-5-17-47(44)36-49)74-68(76-69)50-28-30-65-61(40-50)59-21-9-11-24-64(59)79-65/h1-30,36-43,54-55H,31-35H2. The van der Waals surface area contributed by atoms with Gasteiger partial charge in [-0.2, -0.15) is 0 Å². The third-order valence-corrected chi connectivity index (χ3v) is 19.5. The summed E-state index contributed by atoms with van der Waals surface area (Å²) in [7, 11) is 0. The van der Waals surface area contributed by atoms with E-state index in [0.717, 1.165) is 77.9 Å². The Morgan fingerprint density at radius 3 is 1.59 bits per heavy atom. The summed E-state index contributed by atoms with van der Waals surface area (Å²) in [5.41, 5.74) is 13.5. The van der Waals surface area contributed by atoms with E-state index in [1.54, 1.807) is 5.56 Å². The molecule has 18 rings (SSSR count). The van der Waals surface area contributed by atoms with E-state index in [0.29, 0.717) is 46.8 Å². The van der Waals surface area contributed by atoms with Crippen molar-refractivity contribution in [3.05, 3.63) is 230 Å². The third kappa shape index (κ3) is 7.15. The Morgan fingerprint density at radius 2 is 0.823 bits per heavy atom. The molecule has 4 bridgehead atoms. The molecule has 0 amide bonds. The van der Waals surface area contributed by atoms with E-state index in [1.807, 2.05) is 29.5 Å². The fraction of sp³-hybridized carbons (Fsp3) is 0.139. The molecule has 13 aromatic rings. The van der Waals surface area contributed by atoms with Gasteiger partial charge in [0.1, 0.15) is 0 Å². The first-order chi connectivity index (χ1) is 39.0. The Balaban J connectivity index is 0.912. The SMILES string of the molecule is c1ccc(-c2nc(-c3cc(-c4ccc5c(c4)C4(c6ccccc6-5)C5CC6CC(C5)CC4C6)cc(-c4nc(-c5ccc6ccccc6c5)nc(-c5ccc6sc7ccccc7c6c5)n4)c3)nc(-c3cccc4ccccc34)n2)cc1. The van der Waals surface area contributed by atoms with Crippen LogP contribution < -0.4 is 0 Å². The van der Waals surface area contributed by atoms with Crippen LogP contribution in [0.2, 0.25) is 0 Å². The largest absolute Gasteiger partial charge is 0.208 e. The number of hydrogen-bond donors (Lipinski definition) is 0. The van der Waals surface area contributed by atoms with Crippen molar-refractivity contribution in [3.8, 4) is 90.6 Å². The second-order valence-corrected chi connectivity index (χ2v) is 23.7. The van der Waals surface area contributed by atoms with Crippen molar-refractivity contribution in [1.29, 1.82) is 0 Å². The van der Waals surface area contributed by atoms with Gasteiger partial charge in [-0.05, 0) is 165 Å². The Morgan fingerprint density at radius 1 is 0.291 bits per heavy atom. The summed E-state index contributed by atoms with van der Waals surface area (Å²) in [5, 5.41) is 6.92. The molecule has 0 N–H and O–H groups in total. The molecule has 0 saturated heterocycles. The summed E-state index contributed by atoms with van der Waals surface area (Å²) >= 11 is 1.81. The normalized spacial score (nSPS) is 19.7. The number of aromatic nitrogens is 6. The van der Waals surface area contributed by atoms with Crippen LogP contribution in [0.25, 0.3) is 132 Å². The van der Waals surface area contributed by atoms with Gasteiger partial charge in [0.2, 0.25) is 0 Å². The Bertz CT molecular complexity index is 4620. The molecule has 5 aliphatic rings. The number of rotatable bonds is 7. The van der Waals surface area contributed by atoms with Crippen molar-refractivity contribution in [3.63, 3.8) is 0 Å². The van der Waals surface area contributed by atoms with Gasteiger partial charge in [-0.15, -0.1) is 11.3 Å². The Kier molecular flexibility index (Phi) is 9.97. The highest BCUT2D eigenvalue weighted by Crippen LogP contribution is 2.69. The second-order valence-electron chi connectivity index (χ2n) is 22.7. The van der Waals surface area contributed by atoms with Crippen molar-refractivity contribution < 1.29 is 0 Å². The highest BCUT2D eigenvalue weighted by atomic mass is 32.1. The lowest BCUT2D eigenvalue weighted by Crippen LogP contribution is -2.55. The van der Waals surface area contributed by atoms with Crippen molar-refractivity contribution in [2.45, 2.75) is 37.5 Å². The zero-order valence-corrected chi connectivity index (χ0v) is 44.0. The molecule has 10 aromatic carbocycles. The molecule has 0 unspecified atom stereocenters. The molecule has 374 valence electrons. The Hall–Kier alpha value is -9.04. The van der Waals surface area contributed by atoms with Gasteiger partial charge in [-0.3, -0.25) is 0 Å². The number of hydrogen-bond acceptors (Lipinski definition) is 7. The van der Waals surface area contributed by atoms with E-state index < -0.39 is 0 Å². The summed E-state index contributed by atoms with van der Waals surface area (Å²) in [6.07, 6.45) is 6.71. The second kappa shape index (κ2) is 17.5. The lowest BCUT2D eigenvalue weighted by Gasteiger charge is -2.61. The molecule has 7 heteroatoms. The average Bonchev–Trinajstić information content (AvgIpc) is 3.44. The number of thiophene rings is 1. The van der Waals surface area contributed by atoms with E-state index >= 15 is 0 Å². The zero-order valence-electron chi connectivity index (χ0n) is 43.2. The molecule has 4 fully saturated rings. The first-order valence-corrected chi connectivity index (χ1v) is 28.7. The third-order valence-electron chi connectivity index (χ3n) is 18.3. The average molecular weight is 1030 g/mol. The fourth-order valence-electron chi connectivity index (χ4n) is 15.1. The van der Waals surface area contributed by atoms with Gasteiger partial charge in [0, 0.05) is 59.0 Å². The molecular weight excluding hydrogens is 981 g/mol. The van der Waals surface area contributed by atoms with Crippen LogP contribution in [-0.4, -0.2) is 29.9 Å². The van der Waals surface area contributed by atoms with Crippen LogP contribution in [0.1, 0.15) is 43.2 Å². The molecule has 0 aliphatic heterocycles. The van der Waals surface area contributed by atoms with Gasteiger partial charge in [0.15, 0.2) is 34.9 Å². The van der Waals surface area contributed by atoms with Crippen LogP contribution in [0.15, 0.2) is 218 Å². The quantitative estimate of drug-likeness (QED) is 0.158. The van der Waals surface area contributed by atoms with Crippen LogP contribution >= 0.6 is 11.3 Å². The van der Waals surface area contributed by atoms with Crippen LogP contribution in [-0.2, 0) is 5.41 Å². The molecule has 5 aliphatic carbocycles.